The monoisotopic (exact) mass is 544 g/mol. The Bertz CT molecular complexity index is 1430. The molecule has 0 fully saturated rings. The van der Waals surface area contributed by atoms with E-state index in [1.807, 2.05) is 63.2 Å². The molecule has 4 heteroatoms. The number of hydrogen-bond acceptors (Lipinski definition) is 3. The molecule has 0 N–H and O–H groups in total. The van der Waals surface area contributed by atoms with Crippen LogP contribution in [0.3, 0.4) is 0 Å². The first-order chi connectivity index (χ1) is 17.8. The topological polar surface area (TPSA) is 51.2 Å². The molecule has 0 aromatic heterocycles. The molecular weight excluding hydrogens is 499 g/mol. The summed E-state index contributed by atoms with van der Waals surface area (Å²) in [6.45, 7) is 24.6. The third kappa shape index (κ3) is 6.20. The summed E-state index contributed by atoms with van der Waals surface area (Å²) in [5.74, 6) is -0.0999. The van der Waals surface area contributed by atoms with E-state index in [9.17, 15) is 14.2 Å². The average molecular weight is 545 g/mol. The van der Waals surface area contributed by atoms with Crippen molar-refractivity contribution in [2.45, 2.75) is 99.3 Å². The molecule has 3 nitrogen and oxygen atoms in total. The smallest absolute Gasteiger partial charge is 0.223 e. The van der Waals surface area contributed by atoms with Gasteiger partial charge in [0.1, 0.15) is 0 Å². The zero-order valence-corrected chi connectivity index (χ0v) is 26.8. The van der Waals surface area contributed by atoms with Gasteiger partial charge in [-0.1, -0.05) is 116 Å². The third-order valence-electron chi connectivity index (χ3n) is 7.29. The van der Waals surface area contributed by atoms with Crippen molar-refractivity contribution in [1.82, 2.24) is 0 Å². The lowest BCUT2D eigenvalue weighted by Crippen LogP contribution is -2.35. The Balaban J connectivity index is 2.54. The minimum absolute atomic E-state index is 0.0999. The lowest BCUT2D eigenvalue weighted by Gasteiger charge is -2.36. The molecule has 3 rings (SSSR count). The van der Waals surface area contributed by atoms with Crippen LogP contribution in [-0.2, 0) is 20.8 Å². The minimum atomic E-state index is -3.02. The summed E-state index contributed by atoms with van der Waals surface area (Å²) in [5.41, 5.74) is 5.29. The van der Waals surface area contributed by atoms with Crippen molar-refractivity contribution >= 4 is 24.4 Å². The van der Waals surface area contributed by atoms with Gasteiger partial charge in [-0.15, -0.1) is 0 Å². The second-order valence-corrected chi connectivity index (χ2v) is 15.6. The van der Waals surface area contributed by atoms with Crippen LogP contribution in [0.2, 0.25) is 0 Å². The Morgan fingerprint density at radius 1 is 0.641 bits per heavy atom. The van der Waals surface area contributed by atoms with E-state index in [0.717, 1.165) is 33.4 Å². The average Bonchev–Trinajstić information content (AvgIpc) is 2.79. The van der Waals surface area contributed by atoms with Crippen LogP contribution in [0.5, 0.6) is 0 Å². The quantitative estimate of drug-likeness (QED) is 0.238. The van der Waals surface area contributed by atoms with Crippen molar-refractivity contribution in [3.8, 4) is 0 Å². The first kappa shape index (κ1) is 30.8. The van der Waals surface area contributed by atoms with Gasteiger partial charge in [0.15, 0.2) is 13.6 Å². The van der Waals surface area contributed by atoms with E-state index in [0.29, 0.717) is 22.0 Å². The Labute approximate surface area is 236 Å². The number of carbonyl (C=O) groups excluding carboxylic acids is 2. The number of rotatable bonds is 5. The number of hydrogen-bond donors (Lipinski definition) is 0. The molecule has 0 aliphatic carbocycles. The molecule has 0 aliphatic heterocycles. The van der Waals surface area contributed by atoms with Crippen molar-refractivity contribution in [2.75, 3.05) is 0 Å². The van der Waals surface area contributed by atoms with E-state index < -0.39 is 18.6 Å². The van der Waals surface area contributed by atoms with Crippen LogP contribution < -0.4 is 5.30 Å². The van der Waals surface area contributed by atoms with Gasteiger partial charge < -0.3 is 4.57 Å². The summed E-state index contributed by atoms with van der Waals surface area (Å²) in [5, 5.41) is 0.552. The number of ketones is 1. The van der Waals surface area contributed by atoms with Crippen molar-refractivity contribution in [2.24, 2.45) is 0 Å². The van der Waals surface area contributed by atoms with Gasteiger partial charge in [-0.3, -0.25) is 9.59 Å². The maximum absolute atomic E-state index is 14.7. The highest BCUT2D eigenvalue weighted by Crippen LogP contribution is 2.44. The zero-order chi connectivity index (χ0) is 29.7. The molecule has 0 radical (unpaired) electrons. The molecule has 208 valence electrons. The molecule has 0 saturated carbocycles. The van der Waals surface area contributed by atoms with Crippen LogP contribution in [0.15, 0.2) is 48.5 Å². The summed E-state index contributed by atoms with van der Waals surface area (Å²) >= 11 is 0. The standard InChI is InChI=1S/C35H45O3P/c1-21-18-22(2)27(23(3)19-21)32(37)39(38)31-26(34(7,8)9)20-25(33(4,5)6)28(29(31)35(10,11)12)30(36)24-16-14-13-15-17-24/h13-20,39H,1-12H3. The fraction of sp³-hybridized carbons (Fsp3) is 0.429. The molecule has 0 spiro atoms. The lowest BCUT2D eigenvalue weighted by atomic mass is 9.70. The Morgan fingerprint density at radius 3 is 1.56 bits per heavy atom. The predicted octanol–water partition coefficient (Wildman–Crippen LogP) is 8.76. The SMILES string of the molecule is Cc1cc(C)c(C(=O)[PH](=O)c2c(C(C)(C)C)cc(C(C)(C)C)c(C(=O)c3ccccc3)c2C(C)(C)C)c(C)c1. The van der Waals surface area contributed by atoms with Crippen LogP contribution in [0, 0.1) is 20.8 Å². The fourth-order valence-corrected chi connectivity index (χ4v) is 7.85. The van der Waals surface area contributed by atoms with Crippen LogP contribution in [0.4, 0.5) is 0 Å². The second kappa shape index (κ2) is 10.7. The summed E-state index contributed by atoms with van der Waals surface area (Å²) in [6.07, 6.45) is 0. The van der Waals surface area contributed by atoms with E-state index in [2.05, 4.69) is 68.4 Å². The minimum Gasteiger partial charge on any atom is -0.313 e. The van der Waals surface area contributed by atoms with Gasteiger partial charge in [0.25, 0.3) is 0 Å². The highest BCUT2D eigenvalue weighted by Gasteiger charge is 2.39. The van der Waals surface area contributed by atoms with Crippen LogP contribution in [-0.4, -0.2) is 11.3 Å². The van der Waals surface area contributed by atoms with Crippen molar-refractivity contribution < 1.29 is 14.2 Å². The number of aryl methyl sites for hydroxylation is 3. The molecule has 3 aromatic carbocycles. The first-order valence-corrected chi connectivity index (χ1v) is 15.2. The molecule has 0 amide bonds. The Morgan fingerprint density at radius 2 is 1.13 bits per heavy atom. The number of benzene rings is 3. The van der Waals surface area contributed by atoms with Gasteiger partial charge in [0.2, 0.25) is 5.52 Å². The fourth-order valence-electron chi connectivity index (χ4n) is 5.59. The van der Waals surface area contributed by atoms with Crippen molar-refractivity contribution in [1.29, 1.82) is 0 Å². The van der Waals surface area contributed by atoms with Crippen LogP contribution in [0.1, 0.15) is 122 Å². The summed E-state index contributed by atoms with van der Waals surface area (Å²) in [6, 6.07) is 15.3. The third-order valence-corrected chi connectivity index (χ3v) is 8.93. The number of carbonyl (C=O) groups is 2. The molecule has 1 atom stereocenters. The molecule has 3 aromatic rings. The van der Waals surface area contributed by atoms with Crippen molar-refractivity contribution in [3.05, 3.63) is 98.6 Å². The summed E-state index contributed by atoms with van der Waals surface area (Å²) < 4.78 is 14.7. The van der Waals surface area contributed by atoms with E-state index >= 15 is 0 Å². The van der Waals surface area contributed by atoms with Crippen LogP contribution in [0.25, 0.3) is 0 Å². The summed E-state index contributed by atoms with van der Waals surface area (Å²) in [7, 11) is -3.02. The highest BCUT2D eigenvalue weighted by molar-refractivity contribution is 7.71. The van der Waals surface area contributed by atoms with Gasteiger partial charge in [-0.2, -0.15) is 0 Å². The van der Waals surface area contributed by atoms with Gasteiger partial charge in [-0.05, 0) is 64.8 Å². The molecule has 0 bridgehead atoms. The molecule has 0 heterocycles. The maximum Gasteiger partial charge on any atom is 0.223 e. The molecule has 1 unspecified atom stereocenters. The highest BCUT2D eigenvalue weighted by atomic mass is 31.1. The Hall–Kier alpha value is -2.77. The Kier molecular flexibility index (Phi) is 8.41. The van der Waals surface area contributed by atoms with Crippen LogP contribution >= 0.6 is 7.80 Å². The van der Waals surface area contributed by atoms with E-state index in [1.54, 1.807) is 0 Å². The molecule has 39 heavy (non-hydrogen) atoms. The normalized spacial score (nSPS) is 13.3. The molecule has 0 saturated heterocycles. The lowest BCUT2D eigenvalue weighted by molar-refractivity contribution is 0.103. The second-order valence-electron chi connectivity index (χ2n) is 14.0. The van der Waals surface area contributed by atoms with Gasteiger partial charge in [0, 0.05) is 22.0 Å². The van der Waals surface area contributed by atoms with E-state index in [4.69, 9.17) is 0 Å². The predicted molar refractivity (Wildman–Crippen MR) is 166 cm³/mol. The van der Waals surface area contributed by atoms with Gasteiger partial charge in [-0.25, -0.2) is 0 Å². The molecule has 0 aliphatic rings. The van der Waals surface area contributed by atoms with Gasteiger partial charge >= 0.3 is 0 Å². The van der Waals surface area contributed by atoms with Gasteiger partial charge in [0.05, 0.1) is 0 Å². The first-order valence-electron chi connectivity index (χ1n) is 13.8. The van der Waals surface area contributed by atoms with E-state index in [-0.39, 0.29) is 16.7 Å². The zero-order valence-electron chi connectivity index (χ0n) is 25.8. The summed E-state index contributed by atoms with van der Waals surface area (Å²) in [4.78, 5) is 28.5. The molecular formula is C35H45O3P. The van der Waals surface area contributed by atoms with Crippen molar-refractivity contribution in [3.63, 3.8) is 0 Å². The van der Waals surface area contributed by atoms with E-state index in [1.165, 1.54) is 0 Å². The maximum atomic E-state index is 14.7. The largest absolute Gasteiger partial charge is 0.313 e.